The third-order valence-electron chi connectivity index (χ3n) is 9.23. The van der Waals surface area contributed by atoms with Crippen LogP contribution in [-0.4, -0.2) is 16.5 Å². The minimum Gasteiger partial charge on any atom is -0.390 e. The normalized spacial score (nSPS) is 62.7. The summed E-state index contributed by atoms with van der Waals surface area (Å²) in [4.78, 5) is 12.4. The third-order valence-corrected chi connectivity index (χ3v) is 9.23. The van der Waals surface area contributed by atoms with Gasteiger partial charge in [0.1, 0.15) is 5.78 Å². The van der Waals surface area contributed by atoms with Gasteiger partial charge < -0.3 is 5.11 Å². The Hall–Kier alpha value is -0.370. The number of fused-ring (bicyclic) bond motifs is 3. The molecular weight excluding hydrogens is 272 g/mol. The highest BCUT2D eigenvalue weighted by molar-refractivity contribution is 5.87. The van der Waals surface area contributed by atoms with Crippen molar-refractivity contribution in [1.29, 1.82) is 0 Å². The van der Waals surface area contributed by atoms with E-state index >= 15 is 0 Å². The maximum atomic E-state index is 12.4. The van der Waals surface area contributed by atoms with Gasteiger partial charge in [0, 0.05) is 11.8 Å². The van der Waals surface area contributed by atoms with Gasteiger partial charge in [-0.3, -0.25) is 4.79 Å². The lowest BCUT2D eigenvalue weighted by Crippen LogP contribution is -2.50. The molecule has 0 saturated heterocycles. The van der Waals surface area contributed by atoms with Gasteiger partial charge in [-0.1, -0.05) is 6.92 Å². The van der Waals surface area contributed by atoms with Crippen LogP contribution in [0.1, 0.15) is 78.1 Å². The van der Waals surface area contributed by atoms with E-state index in [1.54, 1.807) is 0 Å². The molecule has 0 spiro atoms. The van der Waals surface area contributed by atoms with E-state index < -0.39 is 5.60 Å². The quantitative estimate of drug-likeness (QED) is 0.731. The highest BCUT2D eigenvalue weighted by Gasteiger charge is 2.76. The van der Waals surface area contributed by atoms with Crippen LogP contribution in [0.3, 0.4) is 0 Å². The van der Waals surface area contributed by atoms with Gasteiger partial charge in [-0.15, -0.1) is 0 Å². The number of Topliss-reactive ketones (excluding diaryl/α,β-unsaturated/α-hetero) is 1. The fraction of sp³-hybridized carbons (Fsp3) is 0.950. The van der Waals surface area contributed by atoms with Crippen molar-refractivity contribution < 1.29 is 9.90 Å². The van der Waals surface area contributed by atoms with Crippen molar-refractivity contribution in [3.63, 3.8) is 0 Å². The summed E-state index contributed by atoms with van der Waals surface area (Å²) in [5.41, 5.74) is 0.642. The molecule has 5 saturated carbocycles. The Morgan fingerprint density at radius 2 is 1.77 bits per heavy atom. The van der Waals surface area contributed by atoms with Crippen molar-refractivity contribution in [3.05, 3.63) is 0 Å². The highest BCUT2D eigenvalue weighted by atomic mass is 16.3. The largest absolute Gasteiger partial charge is 0.390 e. The van der Waals surface area contributed by atoms with Crippen LogP contribution >= 0.6 is 0 Å². The van der Waals surface area contributed by atoms with Crippen LogP contribution in [0.25, 0.3) is 0 Å². The summed E-state index contributed by atoms with van der Waals surface area (Å²) in [6.45, 7) is 4.34. The zero-order valence-corrected chi connectivity index (χ0v) is 14.2. The molecule has 22 heavy (non-hydrogen) atoms. The number of hydrogen-bond acceptors (Lipinski definition) is 2. The number of carbonyl (C=O) groups is 1. The number of rotatable bonds is 0. The Bertz CT molecular complexity index is 552. The van der Waals surface area contributed by atoms with E-state index in [1.807, 2.05) is 0 Å². The SMILES string of the molecule is C[C@@]1(O)CC[C@@]23C[C@@]2(CC[C@@H]2[C@@H]3CC[C@]3(C)C(=O)CC[C@@H]23)C1. The van der Waals surface area contributed by atoms with Gasteiger partial charge in [-0.25, -0.2) is 0 Å². The molecule has 5 fully saturated rings. The molecule has 7 atom stereocenters. The average molecular weight is 302 g/mol. The van der Waals surface area contributed by atoms with Crippen LogP contribution < -0.4 is 0 Å². The molecule has 0 aliphatic heterocycles. The van der Waals surface area contributed by atoms with E-state index in [0.29, 0.717) is 22.5 Å². The number of ketones is 1. The molecule has 5 aliphatic carbocycles. The molecule has 0 bridgehead atoms. The van der Waals surface area contributed by atoms with E-state index in [2.05, 4.69) is 13.8 Å². The van der Waals surface area contributed by atoms with Gasteiger partial charge in [-0.05, 0) is 93.3 Å². The summed E-state index contributed by atoms with van der Waals surface area (Å²) >= 11 is 0. The van der Waals surface area contributed by atoms with Gasteiger partial charge in [0.2, 0.25) is 0 Å². The first-order valence-electron chi connectivity index (χ1n) is 9.58. The van der Waals surface area contributed by atoms with E-state index in [0.717, 1.165) is 43.9 Å². The average Bonchev–Trinajstić information content (AvgIpc) is 3.03. The minimum absolute atomic E-state index is 0.0207. The van der Waals surface area contributed by atoms with Gasteiger partial charge in [0.05, 0.1) is 5.60 Å². The number of hydrogen-bond donors (Lipinski definition) is 1. The number of carbonyl (C=O) groups excluding carboxylic acids is 1. The summed E-state index contributed by atoms with van der Waals surface area (Å²) in [5.74, 6) is 2.91. The lowest BCUT2D eigenvalue weighted by molar-refractivity contribution is -0.135. The Morgan fingerprint density at radius 3 is 2.59 bits per heavy atom. The van der Waals surface area contributed by atoms with Crippen molar-refractivity contribution in [3.8, 4) is 0 Å². The molecule has 5 aliphatic rings. The highest BCUT2D eigenvalue weighted by Crippen LogP contribution is 2.83. The standard InChI is InChI=1S/C20H30O2/c1-17(22)9-10-20-12-19(20,11-17)8-5-13-14-3-4-16(21)18(14,2)7-6-15(13)20/h13-15,22H,3-12H2,1-2H3/t13-,14-,15-,17+,18-,19+,20-/m0/s1. The van der Waals surface area contributed by atoms with Crippen LogP contribution in [0.5, 0.6) is 0 Å². The zero-order valence-electron chi connectivity index (χ0n) is 14.2. The topological polar surface area (TPSA) is 37.3 Å². The third kappa shape index (κ3) is 1.45. The zero-order chi connectivity index (χ0) is 15.4. The summed E-state index contributed by atoms with van der Waals surface area (Å²) in [6.07, 6.45) is 11.8. The second-order valence-corrected chi connectivity index (χ2v) is 10.1. The molecule has 2 heteroatoms. The lowest BCUT2D eigenvalue weighted by atomic mass is 9.49. The van der Waals surface area contributed by atoms with E-state index in [4.69, 9.17) is 0 Å². The maximum absolute atomic E-state index is 12.4. The van der Waals surface area contributed by atoms with Crippen molar-refractivity contribution in [2.45, 2.75) is 83.7 Å². The molecule has 0 aromatic heterocycles. The van der Waals surface area contributed by atoms with Crippen LogP contribution in [0.15, 0.2) is 0 Å². The van der Waals surface area contributed by atoms with Gasteiger partial charge in [-0.2, -0.15) is 0 Å². The lowest BCUT2D eigenvalue weighted by Gasteiger charge is -2.55. The predicted octanol–water partition coefficient (Wildman–Crippen LogP) is 4.10. The molecule has 0 aromatic rings. The first-order chi connectivity index (χ1) is 10.3. The molecule has 122 valence electrons. The molecule has 2 nitrogen and oxygen atoms in total. The Morgan fingerprint density at radius 1 is 0.955 bits per heavy atom. The van der Waals surface area contributed by atoms with E-state index in [9.17, 15) is 9.90 Å². The van der Waals surface area contributed by atoms with Gasteiger partial charge in [0.25, 0.3) is 0 Å². The minimum atomic E-state index is -0.417. The first-order valence-corrected chi connectivity index (χ1v) is 9.58. The van der Waals surface area contributed by atoms with E-state index in [1.165, 1.54) is 32.1 Å². The van der Waals surface area contributed by atoms with E-state index in [-0.39, 0.29) is 5.41 Å². The Balaban J connectivity index is 1.48. The van der Waals surface area contributed by atoms with Crippen LogP contribution in [-0.2, 0) is 4.79 Å². The summed E-state index contributed by atoms with van der Waals surface area (Å²) in [6, 6.07) is 0. The van der Waals surface area contributed by atoms with Crippen molar-refractivity contribution in [2.24, 2.45) is 34.0 Å². The van der Waals surface area contributed by atoms with Gasteiger partial charge in [0.15, 0.2) is 0 Å². The predicted molar refractivity (Wildman–Crippen MR) is 85.2 cm³/mol. The Kier molecular flexibility index (Phi) is 2.43. The first kappa shape index (κ1) is 14.0. The molecule has 0 radical (unpaired) electrons. The van der Waals surface area contributed by atoms with Crippen molar-refractivity contribution in [2.75, 3.05) is 0 Å². The molecular formula is C20H30O2. The van der Waals surface area contributed by atoms with Crippen molar-refractivity contribution >= 4 is 5.78 Å². The van der Waals surface area contributed by atoms with Crippen molar-refractivity contribution in [1.82, 2.24) is 0 Å². The van der Waals surface area contributed by atoms with Gasteiger partial charge >= 0.3 is 0 Å². The fourth-order valence-electron chi connectivity index (χ4n) is 8.19. The molecule has 0 amide bonds. The Labute approximate surface area is 134 Å². The molecule has 0 unspecified atom stereocenters. The maximum Gasteiger partial charge on any atom is 0.139 e. The molecule has 0 aromatic carbocycles. The number of aliphatic hydroxyl groups is 1. The summed E-state index contributed by atoms with van der Waals surface area (Å²) in [5, 5.41) is 10.6. The molecule has 0 heterocycles. The van der Waals surface area contributed by atoms with Crippen LogP contribution in [0.4, 0.5) is 0 Å². The second-order valence-electron chi connectivity index (χ2n) is 10.1. The van der Waals surface area contributed by atoms with Crippen LogP contribution in [0, 0.1) is 34.0 Å². The fourth-order valence-corrected chi connectivity index (χ4v) is 8.19. The smallest absolute Gasteiger partial charge is 0.139 e. The molecule has 1 N–H and O–H groups in total. The molecule has 5 rings (SSSR count). The summed E-state index contributed by atoms with van der Waals surface area (Å²) in [7, 11) is 0. The summed E-state index contributed by atoms with van der Waals surface area (Å²) < 4.78 is 0. The van der Waals surface area contributed by atoms with Crippen LogP contribution in [0.2, 0.25) is 0 Å². The monoisotopic (exact) mass is 302 g/mol. The second kappa shape index (κ2) is 3.82.